The molecule has 90 valence electrons. The SMILES string of the molecule is Cc1nnc(CN2CC(n3cc(Br)cn3)C2)s1. The van der Waals surface area contributed by atoms with E-state index in [4.69, 9.17) is 0 Å². The third-order valence-electron chi connectivity index (χ3n) is 2.81. The predicted molar refractivity (Wildman–Crippen MR) is 68.9 cm³/mol. The zero-order valence-electron chi connectivity index (χ0n) is 9.38. The second-order valence-corrected chi connectivity index (χ2v) is 6.38. The van der Waals surface area contributed by atoms with Crippen molar-refractivity contribution < 1.29 is 0 Å². The van der Waals surface area contributed by atoms with Crippen LogP contribution in [0.2, 0.25) is 0 Å². The van der Waals surface area contributed by atoms with Gasteiger partial charge in [-0.2, -0.15) is 5.10 Å². The van der Waals surface area contributed by atoms with Crippen molar-refractivity contribution in [3.63, 3.8) is 0 Å². The Hall–Kier alpha value is -0.790. The normalized spacial score (nSPS) is 17.3. The molecule has 0 atom stereocenters. The van der Waals surface area contributed by atoms with Crippen LogP contribution < -0.4 is 0 Å². The molecule has 1 saturated heterocycles. The van der Waals surface area contributed by atoms with Crippen LogP contribution in [-0.4, -0.2) is 38.0 Å². The summed E-state index contributed by atoms with van der Waals surface area (Å²) in [4.78, 5) is 2.36. The minimum atomic E-state index is 0.496. The molecular weight excluding hydrogens is 302 g/mol. The minimum absolute atomic E-state index is 0.496. The Bertz CT molecular complexity index is 516. The summed E-state index contributed by atoms with van der Waals surface area (Å²) in [6.07, 6.45) is 3.86. The predicted octanol–water partition coefficient (Wildman–Crippen LogP) is 1.86. The van der Waals surface area contributed by atoms with E-state index in [2.05, 4.69) is 36.1 Å². The first-order chi connectivity index (χ1) is 8.20. The van der Waals surface area contributed by atoms with E-state index in [0.29, 0.717) is 6.04 Å². The Morgan fingerprint density at radius 3 is 2.88 bits per heavy atom. The molecule has 1 aliphatic rings. The molecule has 0 aromatic carbocycles. The minimum Gasteiger partial charge on any atom is -0.292 e. The first-order valence-electron chi connectivity index (χ1n) is 5.42. The van der Waals surface area contributed by atoms with E-state index < -0.39 is 0 Å². The summed E-state index contributed by atoms with van der Waals surface area (Å²) in [6.45, 7) is 4.96. The van der Waals surface area contributed by atoms with Gasteiger partial charge >= 0.3 is 0 Å². The Morgan fingerprint density at radius 2 is 2.29 bits per heavy atom. The molecule has 0 N–H and O–H groups in total. The molecule has 0 bridgehead atoms. The molecule has 0 amide bonds. The van der Waals surface area contributed by atoms with Crippen LogP contribution in [-0.2, 0) is 6.54 Å². The molecule has 0 radical (unpaired) electrons. The molecule has 0 unspecified atom stereocenters. The van der Waals surface area contributed by atoms with Crippen molar-refractivity contribution in [2.75, 3.05) is 13.1 Å². The number of hydrogen-bond acceptors (Lipinski definition) is 5. The number of likely N-dealkylation sites (tertiary alicyclic amines) is 1. The lowest BCUT2D eigenvalue weighted by Crippen LogP contribution is -2.47. The zero-order valence-corrected chi connectivity index (χ0v) is 11.8. The highest BCUT2D eigenvalue weighted by atomic mass is 79.9. The average Bonchev–Trinajstić information content (AvgIpc) is 2.81. The smallest absolute Gasteiger partial charge is 0.131 e. The molecule has 0 aliphatic carbocycles. The maximum atomic E-state index is 4.30. The number of hydrogen-bond donors (Lipinski definition) is 0. The second kappa shape index (κ2) is 4.47. The van der Waals surface area contributed by atoms with E-state index in [1.165, 1.54) is 0 Å². The largest absolute Gasteiger partial charge is 0.292 e. The molecule has 1 fully saturated rings. The van der Waals surface area contributed by atoms with Gasteiger partial charge in [0, 0.05) is 19.3 Å². The topological polar surface area (TPSA) is 46.8 Å². The zero-order chi connectivity index (χ0) is 11.8. The lowest BCUT2D eigenvalue weighted by Gasteiger charge is -2.38. The number of rotatable bonds is 3. The molecular formula is C10H12BrN5S. The molecule has 5 nitrogen and oxygen atoms in total. The molecule has 17 heavy (non-hydrogen) atoms. The van der Waals surface area contributed by atoms with Gasteiger partial charge in [0.2, 0.25) is 0 Å². The maximum absolute atomic E-state index is 4.30. The number of nitrogens with zero attached hydrogens (tertiary/aromatic N) is 5. The third-order valence-corrected chi connectivity index (χ3v) is 4.04. The molecule has 3 rings (SSSR count). The fourth-order valence-corrected chi connectivity index (χ4v) is 3.00. The van der Waals surface area contributed by atoms with Crippen molar-refractivity contribution in [3.05, 3.63) is 26.9 Å². The van der Waals surface area contributed by atoms with Gasteiger partial charge < -0.3 is 0 Å². The van der Waals surface area contributed by atoms with Crippen molar-refractivity contribution in [1.82, 2.24) is 24.9 Å². The van der Waals surface area contributed by atoms with E-state index in [1.54, 1.807) is 11.3 Å². The van der Waals surface area contributed by atoms with Gasteiger partial charge in [0.15, 0.2) is 0 Å². The lowest BCUT2D eigenvalue weighted by molar-refractivity contribution is 0.0906. The average molecular weight is 314 g/mol. The summed E-state index contributed by atoms with van der Waals surface area (Å²) in [5.41, 5.74) is 0. The summed E-state index contributed by atoms with van der Waals surface area (Å²) >= 11 is 5.08. The Labute approximate surface area is 112 Å². The molecule has 0 spiro atoms. The second-order valence-electron chi connectivity index (χ2n) is 4.20. The summed E-state index contributed by atoms with van der Waals surface area (Å²) < 4.78 is 3.06. The molecule has 2 aromatic rings. The quantitative estimate of drug-likeness (QED) is 0.868. The molecule has 7 heteroatoms. The van der Waals surface area contributed by atoms with Gasteiger partial charge in [-0.15, -0.1) is 21.5 Å². The Balaban J connectivity index is 1.55. The van der Waals surface area contributed by atoms with Gasteiger partial charge in [-0.1, -0.05) is 0 Å². The van der Waals surface area contributed by atoms with Crippen LogP contribution in [0, 0.1) is 6.92 Å². The van der Waals surface area contributed by atoms with Crippen molar-refractivity contribution in [1.29, 1.82) is 0 Å². The maximum Gasteiger partial charge on any atom is 0.131 e. The van der Waals surface area contributed by atoms with Crippen LogP contribution in [0.15, 0.2) is 16.9 Å². The van der Waals surface area contributed by atoms with Gasteiger partial charge in [-0.25, -0.2) is 0 Å². The van der Waals surface area contributed by atoms with Gasteiger partial charge in [-0.3, -0.25) is 9.58 Å². The van der Waals surface area contributed by atoms with E-state index in [0.717, 1.165) is 34.1 Å². The van der Waals surface area contributed by atoms with Crippen LogP contribution >= 0.6 is 27.3 Å². The van der Waals surface area contributed by atoms with Crippen molar-refractivity contribution >= 4 is 27.3 Å². The van der Waals surface area contributed by atoms with E-state index in [9.17, 15) is 0 Å². The Morgan fingerprint density at radius 1 is 1.47 bits per heavy atom. The van der Waals surface area contributed by atoms with Gasteiger partial charge in [0.25, 0.3) is 0 Å². The van der Waals surface area contributed by atoms with E-state index in [1.807, 2.05) is 24.0 Å². The molecule has 0 saturated carbocycles. The van der Waals surface area contributed by atoms with Crippen LogP contribution in [0.4, 0.5) is 0 Å². The number of aryl methyl sites for hydroxylation is 1. The van der Waals surface area contributed by atoms with Crippen molar-refractivity contribution in [3.8, 4) is 0 Å². The summed E-state index contributed by atoms with van der Waals surface area (Å²) in [5, 5.41) is 14.6. The highest BCUT2D eigenvalue weighted by Crippen LogP contribution is 2.24. The fourth-order valence-electron chi connectivity index (χ4n) is 1.95. The molecule has 2 aromatic heterocycles. The van der Waals surface area contributed by atoms with Crippen molar-refractivity contribution in [2.45, 2.75) is 19.5 Å². The third kappa shape index (κ3) is 2.41. The van der Waals surface area contributed by atoms with Crippen LogP contribution in [0.1, 0.15) is 16.1 Å². The van der Waals surface area contributed by atoms with Crippen LogP contribution in [0.5, 0.6) is 0 Å². The van der Waals surface area contributed by atoms with Gasteiger partial charge in [0.05, 0.1) is 23.3 Å². The van der Waals surface area contributed by atoms with E-state index in [-0.39, 0.29) is 0 Å². The highest BCUT2D eigenvalue weighted by molar-refractivity contribution is 9.10. The van der Waals surface area contributed by atoms with E-state index >= 15 is 0 Å². The number of halogens is 1. The lowest BCUT2D eigenvalue weighted by atomic mass is 10.1. The van der Waals surface area contributed by atoms with Gasteiger partial charge in [0.1, 0.15) is 10.0 Å². The monoisotopic (exact) mass is 313 g/mol. The van der Waals surface area contributed by atoms with Gasteiger partial charge in [-0.05, 0) is 22.9 Å². The number of aromatic nitrogens is 4. The standard InChI is InChI=1S/C10H12BrN5S/c1-7-13-14-10(17-7)6-15-4-9(5-15)16-3-8(11)2-12-16/h2-3,9H,4-6H2,1H3. The first kappa shape index (κ1) is 11.3. The fraction of sp³-hybridized carbons (Fsp3) is 0.500. The summed E-state index contributed by atoms with van der Waals surface area (Å²) in [7, 11) is 0. The summed E-state index contributed by atoms with van der Waals surface area (Å²) in [6, 6.07) is 0.496. The highest BCUT2D eigenvalue weighted by Gasteiger charge is 2.29. The molecule has 1 aliphatic heterocycles. The first-order valence-corrected chi connectivity index (χ1v) is 7.02. The Kier molecular flexibility index (Phi) is 2.97. The summed E-state index contributed by atoms with van der Waals surface area (Å²) in [5.74, 6) is 0. The van der Waals surface area contributed by atoms with Crippen LogP contribution in [0.25, 0.3) is 0 Å². The van der Waals surface area contributed by atoms with Crippen LogP contribution in [0.3, 0.4) is 0 Å². The van der Waals surface area contributed by atoms with Crippen molar-refractivity contribution in [2.24, 2.45) is 0 Å². The molecule has 3 heterocycles.